The van der Waals surface area contributed by atoms with Gasteiger partial charge in [-0.25, -0.2) is 18.4 Å². The molecule has 0 aliphatic carbocycles. The minimum Gasteiger partial charge on any atom is -0.474 e. The van der Waals surface area contributed by atoms with E-state index >= 15 is 0 Å². The van der Waals surface area contributed by atoms with Crippen molar-refractivity contribution in [2.75, 3.05) is 46.4 Å². The molecule has 1 atom stereocenters. The van der Waals surface area contributed by atoms with E-state index in [2.05, 4.69) is 31.9 Å². The number of aryl methyl sites for hydroxylation is 2. The highest BCUT2D eigenvalue weighted by molar-refractivity contribution is 7.89. The summed E-state index contributed by atoms with van der Waals surface area (Å²) < 4.78 is 41.2. The lowest BCUT2D eigenvalue weighted by atomic mass is 10.2. The molecule has 13 heteroatoms. The molecule has 3 aromatic rings. The summed E-state index contributed by atoms with van der Waals surface area (Å²) in [4.78, 5) is 26.8. The Morgan fingerprint density at radius 1 is 1.17 bits per heavy atom. The van der Waals surface area contributed by atoms with E-state index in [-0.39, 0.29) is 40.4 Å². The van der Waals surface area contributed by atoms with Gasteiger partial charge in [0.25, 0.3) is 5.56 Å². The van der Waals surface area contributed by atoms with Crippen LogP contribution in [0.15, 0.2) is 22.0 Å². The number of H-pyrrole nitrogens is 1. The Morgan fingerprint density at radius 3 is 2.53 bits per heavy atom. The summed E-state index contributed by atoms with van der Waals surface area (Å²) in [5, 5.41) is 4.28. The average molecular weight is 520 g/mol. The highest BCUT2D eigenvalue weighted by Crippen LogP contribution is 2.30. The van der Waals surface area contributed by atoms with E-state index in [1.165, 1.54) is 16.6 Å². The normalized spacial score (nSPS) is 16.5. The van der Waals surface area contributed by atoms with Crippen LogP contribution < -0.4 is 10.3 Å². The third-order valence-corrected chi connectivity index (χ3v) is 8.36. The fraction of sp³-hybridized carbons (Fsp3) is 0.565. The maximum Gasteiger partial charge on any atom is 0.279 e. The van der Waals surface area contributed by atoms with Crippen LogP contribution in [0.3, 0.4) is 0 Å². The zero-order chi connectivity index (χ0) is 26.0. The molecule has 0 radical (unpaired) electrons. The molecule has 1 unspecified atom stereocenters. The number of hydrogen-bond acceptors (Lipinski definition) is 9. The van der Waals surface area contributed by atoms with Crippen molar-refractivity contribution in [1.29, 1.82) is 0 Å². The molecule has 12 nitrogen and oxygen atoms in total. The summed E-state index contributed by atoms with van der Waals surface area (Å²) in [5.41, 5.74) is 1.32. The Hall–Kier alpha value is -2.87. The van der Waals surface area contributed by atoms with E-state index < -0.39 is 15.6 Å². The first-order chi connectivity index (χ1) is 17.2. The molecule has 1 aliphatic rings. The summed E-state index contributed by atoms with van der Waals surface area (Å²) in [5.74, 6) is 0.314. The number of aromatic nitrogens is 5. The predicted octanol–water partition coefficient (Wildman–Crippen LogP) is 1.02. The van der Waals surface area contributed by atoms with Gasteiger partial charge >= 0.3 is 0 Å². The molecule has 0 aromatic carbocycles. The van der Waals surface area contributed by atoms with Crippen molar-refractivity contribution >= 4 is 21.1 Å². The summed E-state index contributed by atoms with van der Waals surface area (Å²) in [7, 11) is -0.486. The van der Waals surface area contributed by atoms with Crippen LogP contribution in [-0.4, -0.2) is 94.9 Å². The second-order valence-corrected chi connectivity index (χ2v) is 10.7. The van der Waals surface area contributed by atoms with Crippen molar-refractivity contribution in [3.05, 3.63) is 28.3 Å². The zero-order valence-corrected chi connectivity index (χ0v) is 22.1. The molecular weight excluding hydrogens is 486 g/mol. The second kappa shape index (κ2) is 10.6. The minimum absolute atomic E-state index is 0.0132. The monoisotopic (exact) mass is 519 g/mol. The number of methoxy groups -OCH3 is 1. The number of likely N-dealkylation sites (N-methyl/N-ethyl adjacent to an activating group) is 1. The Kier molecular flexibility index (Phi) is 7.73. The van der Waals surface area contributed by atoms with Gasteiger partial charge in [-0.3, -0.25) is 9.48 Å². The van der Waals surface area contributed by atoms with E-state index in [1.807, 2.05) is 13.8 Å². The third-order valence-electron chi connectivity index (χ3n) is 6.50. The smallest absolute Gasteiger partial charge is 0.279 e. The van der Waals surface area contributed by atoms with E-state index in [4.69, 9.17) is 9.47 Å². The molecule has 1 aliphatic heterocycles. The molecule has 1 saturated heterocycles. The summed E-state index contributed by atoms with van der Waals surface area (Å²) in [6, 6.07) is 1.47. The number of rotatable bonds is 9. The largest absolute Gasteiger partial charge is 0.474 e. The summed E-state index contributed by atoms with van der Waals surface area (Å²) in [6.45, 7) is 9.02. The fourth-order valence-corrected chi connectivity index (χ4v) is 5.60. The van der Waals surface area contributed by atoms with E-state index in [9.17, 15) is 13.2 Å². The van der Waals surface area contributed by atoms with Gasteiger partial charge in [-0.05, 0) is 26.0 Å². The first-order valence-electron chi connectivity index (χ1n) is 12.0. The van der Waals surface area contributed by atoms with Crippen LogP contribution in [0.5, 0.6) is 5.88 Å². The number of fused-ring (bicyclic) bond motifs is 1. The van der Waals surface area contributed by atoms with Crippen LogP contribution in [0.4, 0.5) is 0 Å². The Bertz CT molecular complexity index is 1390. The van der Waals surface area contributed by atoms with Crippen molar-refractivity contribution in [2.24, 2.45) is 7.05 Å². The van der Waals surface area contributed by atoms with Crippen LogP contribution in [0.1, 0.15) is 26.5 Å². The van der Waals surface area contributed by atoms with Gasteiger partial charge < -0.3 is 19.4 Å². The van der Waals surface area contributed by atoms with Gasteiger partial charge in [0.2, 0.25) is 15.9 Å². The van der Waals surface area contributed by atoms with E-state index in [0.717, 1.165) is 12.2 Å². The molecule has 1 fully saturated rings. The maximum atomic E-state index is 13.5. The third kappa shape index (κ3) is 5.01. The molecule has 36 heavy (non-hydrogen) atoms. The number of piperazine rings is 1. The van der Waals surface area contributed by atoms with Crippen molar-refractivity contribution in [3.63, 3.8) is 0 Å². The molecule has 3 aromatic heterocycles. The minimum atomic E-state index is -3.81. The molecule has 4 rings (SSSR count). The van der Waals surface area contributed by atoms with Gasteiger partial charge in [0, 0.05) is 40.3 Å². The Balaban J connectivity index is 1.81. The van der Waals surface area contributed by atoms with Crippen molar-refractivity contribution < 1.29 is 17.9 Å². The van der Waals surface area contributed by atoms with Crippen molar-refractivity contribution in [1.82, 2.24) is 33.9 Å². The first-order valence-corrected chi connectivity index (χ1v) is 13.5. The summed E-state index contributed by atoms with van der Waals surface area (Å²) in [6.07, 6.45) is 1.68. The SMILES string of the molecule is CCc1c2nc(-c3cc(S(=O)(=O)N4CCN(CC)CC4)cnc3OCC(C)OC)[nH]c(=O)c2nn1C. The second-order valence-electron chi connectivity index (χ2n) is 8.76. The molecule has 0 bridgehead atoms. The maximum absolute atomic E-state index is 13.5. The first kappa shape index (κ1) is 26.2. The molecule has 4 heterocycles. The van der Waals surface area contributed by atoms with Crippen LogP contribution in [0, 0.1) is 0 Å². The fourth-order valence-electron chi connectivity index (χ4n) is 4.21. The lowest BCUT2D eigenvalue weighted by Gasteiger charge is -2.33. The van der Waals surface area contributed by atoms with Crippen LogP contribution in [0.2, 0.25) is 0 Å². The standard InChI is InChI=1S/C23H33N7O5S/c1-6-18-19-20(27-28(18)4)22(31)26-21(25-19)17-12-16(13-24-23(17)35-14-15(3)34-5)36(32,33)30-10-8-29(7-2)9-11-30/h12-13,15H,6-11,14H2,1-5H3,(H,25,26,31). The number of sulfonamides is 1. The Morgan fingerprint density at radius 2 is 1.89 bits per heavy atom. The van der Waals surface area contributed by atoms with Crippen molar-refractivity contribution in [3.8, 4) is 17.3 Å². The number of aromatic amines is 1. The molecule has 1 N–H and O–H groups in total. The highest BCUT2D eigenvalue weighted by atomic mass is 32.2. The number of hydrogen-bond donors (Lipinski definition) is 1. The van der Waals surface area contributed by atoms with Gasteiger partial charge in [0.05, 0.1) is 23.6 Å². The van der Waals surface area contributed by atoms with Crippen LogP contribution in [0.25, 0.3) is 22.4 Å². The molecular formula is C23H33N7O5S. The quantitative estimate of drug-likeness (QED) is 0.439. The molecule has 0 saturated carbocycles. The van der Waals surface area contributed by atoms with E-state index in [1.54, 1.807) is 18.8 Å². The average Bonchev–Trinajstić information content (AvgIpc) is 3.22. The topological polar surface area (TPSA) is 136 Å². The molecule has 0 spiro atoms. The van der Waals surface area contributed by atoms with E-state index in [0.29, 0.717) is 38.1 Å². The predicted molar refractivity (Wildman–Crippen MR) is 135 cm³/mol. The lowest BCUT2D eigenvalue weighted by molar-refractivity contribution is 0.0701. The Labute approximate surface area is 210 Å². The number of pyridine rings is 1. The van der Waals surface area contributed by atoms with Crippen LogP contribution in [-0.2, 0) is 28.2 Å². The van der Waals surface area contributed by atoms with Gasteiger partial charge in [0.15, 0.2) is 5.52 Å². The zero-order valence-electron chi connectivity index (χ0n) is 21.3. The molecule has 0 amide bonds. The number of nitrogens with zero attached hydrogens (tertiary/aromatic N) is 6. The van der Waals surface area contributed by atoms with Gasteiger partial charge in [-0.15, -0.1) is 0 Å². The highest BCUT2D eigenvalue weighted by Gasteiger charge is 2.30. The van der Waals surface area contributed by atoms with Crippen LogP contribution >= 0.6 is 0 Å². The number of ether oxygens (including phenoxy) is 2. The summed E-state index contributed by atoms with van der Waals surface area (Å²) >= 11 is 0. The van der Waals surface area contributed by atoms with Gasteiger partial charge in [-0.1, -0.05) is 13.8 Å². The molecule has 196 valence electrons. The van der Waals surface area contributed by atoms with Gasteiger partial charge in [-0.2, -0.15) is 9.40 Å². The number of nitrogens with one attached hydrogen (secondary N) is 1. The lowest BCUT2D eigenvalue weighted by Crippen LogP contribution is -2.48. The van der Waals surface area contributed by atoms with Gasteiger partial charge in [0.1, 0.15) is 22.8 Å². The van der Waals surface area contributed by atoms with Crippen molar-refractivity contribution in [2.45, 2.75) is 38.2 Å².